The maximum Gasteiger partial charge on any atom is 0.134 e. The number of nitrogens with zero attached hydrogens (tertiary/aromatic N) is 2. The van der Waals surface area contributed by atoms with Gasteiger partial charge in [0, 0.05) is 18.5 Å². The largest absolute Gasteiger partial charge is 0.389 e. The Bertz CT molecular complexity index is 603. The van der Waals surface area contributed by atoms with Gasteiger partial charge in [-0.05, 0) is 41.4 Å². The van der Waals surface area contributed by atoms with Crippen molar-refractivity contribution in [2.24, 2.45) is 12.8 Å². The molecule has 0 amide bonds. The molecule has 2 aromatic heterocycles. The average molecular weight is 359 g/mol. The molecule has 102 valence electrons. The van der Waals surface area contributed by atoms with E-state index in [4.69, 9.17) is 18.0 Å². The van der Waals surface area contributed by atoms with Crippen LogP contribution in [0, 0.1) is 6.92 Å². The second-order valence-electron chi connectivity index (χ2n) is 4.18. The normalized spacial score (nSPS) is 10.7. The molecule has 0 bridgehead atoms. The van der Waals surface area contributed by atoms with Crippen LogP contribution < -0.4 is 11.1 Å². The minimum absolute atomic E-state index is 0.381. The van der Waals surface area contributed by atoms with Crippen LogP contribution in [0.25, 0.3) is 0 Å². The number of hydrogen-bond acceptors (Lipinski definition) is 4. The van der Waals surface area contributed by atoms with E-state index in [2.05, 4.69) is 38.5 Å². The molecular weight excluding hydrogens is 344 g/mol. The van der Waals surface area contributed by atoms with Crippen LogP contribution in [0.5, 0.6) is 0 Å². The van der Waals surface area contributed by atoms with E-state index in [-0.39, 0.29) is 0 Å². The van der Waals surface area contributed by atoms with Crippen molar-refractivity contribution >= 4 is 50.3 Å². The van der Waals surface area contributed by atoms with Crippen molar-refractivity contribution in [1.82, 2.24) is 9.78 Å². The number of rotatable bonds is 5. The third kappa shape index (κ3) is 3.34. The number of aromatic nitrogens is 2. The van der Waals surface area contributed by atoms with E-state index in [1.54, 1.807) is 16.0 Å². The van der Waals surface area contributed by atoms with Crippen LogP contribution in [0.3, 0.4) is 0 Å². The summed E-state index contributed by atoms with van der Waals surface area (Å²) in [5, 5.41) is 7.71. The van der Waals surface area contributed by atoms with Crippen LogP contribution in [-0.4, -0.2) is 21.3 Å². The molecule has 2 heterocycles. The Morgan fingerprint density at radius 1 is 1.58 bits per heavy atom. The van der Waals surface area contributed by atoms with E-state index in [9.17, 15) is 0 Å². The summed E-state index contributed by atoms with van der Waals surface area (Å²) in [6.45, 7) is 2.73. The van der Waals surface area contributed by atoms with Gasteiger partial charge in [0.2, 0.25) is 0 Å². The van der Waals surface area contributed by atoms with Crippen molar-refractivity contribution in [2.45, 2.75) is 13.3 Å². The summed E-state index contributed by atoms with van der Waals surface area (Å²) in [6, 6.07) is 4.19. The number of nitrogens with two attached hydrogens (primary N) is 1. The van der Waals surface area contributed by atoms with Crippen molar-refractivity contribution in [3.8, 4) is 0 Å². The molecule has 4 nitrogen and oxygen atoms in total. The number of nitrogens with one attached hydrogen (secondary N) is 1. The van der Waals surface area contributed by atoms with Crippen molar-refractivity contribution in [1.29, 1.82) is 0 Å². The molecule has 7 heteroatoms. The zero-order chi connectivity index (χ0) is 14.0. The molecule has 19 heavy (non-hydrogen) atoms. The van der Waals surface area contributed by atoms with Crippen molar-refractivity contribution in [3.63, 3.8) is 0 Å². The maximum absolute atomic E-state index is 5.75. The van der Waals surface area contributed by atoms with Gasteiger partial charge in [-0.2, -0.15) is 5.10 Å². The molecule has 0 saturated heterocycles. The van der Waals surface area contributed by atoms with E-state index >= 15 is 0 Å². The number of anilines is 1. The van der Waals surface area contributed by atoms with Crippen molar-refractivity contribution in [2.75, 3.05) is 11.9 Å². The van der Waals surface area contributed by atoms with Gasteiger partial charge in [-0.3, -0.25) is 4.68 Å². The first-order valence-electron chi connectivity index (χ1n) is 5.80. The summed E-state index contributed by atoms with van der Waals surface area (Å²) in [7, 11) is 1.89. The van der Waals surface area contributed by atoms with Crippen LogP contribution in [0.4, 0.5) is 5.82 Å². The lowest BCUT2D eigenvalue weighted by Gasteiger charge is -2.08. The van der Waals surface area contributed by atoms with Crippen molar-refractivity contribution < 1.29 is 0 Å². The number of aryl methyl sites for hydroxylation is 2. The van der Waals surface area contributed by atoms with Gasteiger partial charge in [-0.25, -0.2) is 0 Å². The lowest BCUT2D eigenvalue weighted by molar-refractivity contribution is 0.757. The highest BCUT2D eigenvalue weighted by molar-refractivity contribution is 9.11. The second-order valence-corrected chi connectivity index (χ2v) is 7.17. The number of thiocarbonyl (C=S) groups is 1. The summed E-state index contributed by atoms with van der Waals surface area (Å²) < 4.78 is 2.94. The van der Waals surface area contributed by atoms with Crippen LogP contribution in [-0.2, 0) is 13.5 Å². The van der Waals surface area contributed by atoms with E-state index in [0.717, 1.165) is 33.8 Å². The third-order valence-electron chi connectivity index (χ3n) is 2.76. The fraction of sp³-hybridized carbons (Fsp3) is 0.333. The lowest BCUT2D eigenvalue weighted by Crippen LogP contribution is -2.15. The molecular formula is C12H15BrN4S2. The molecule has 2 rings (SSSR count). The van der Waals surface area contributed by atoms with Gasteiger partial charge < -0.3 is 11.1 Å². The Labute approximate surface area is 130 Å². The van der Waals surface area contributed by atoms with E-state index in [1.807, 2.05) is 14.0 Å². The third-order valence-corrected chi connectivity index (χ3v) is 4.65. The summed E-state index contributed by atoms with van der Waals surface area (Å²) in [4.78, 5) is 1.71. The van der Waals surface area contributed by atoms with Crippen LogP contribution in [0.2, 0.25) is 0 Å². The minimum atomic E-state index is 0.381. The quantitative estimate of drug-likeness (QED) is 0.806. The minimum Gasteiger partial charge on any atom is -0.389 e. The SMILES string of the molecule is Cc1nn(C)c(NCCc2ccc(Br)s2)c1C(N)=S. The molecule has 0 aliphatic heterocycles. The highest BCUT2D eigenvalue weighted by Gasteiger charge is 2.14. The molecule has 0 atom stereocenters. The van der Waals surface area contributed by atoms with Gasteiger partial charge in [0.1, 0.15) is 10.8 Å². The highest BCUT2D eigenvalue weighted by Crippen LogP contribution is 2.23. The number of thiophene rings is 1. The molecule has 0 aliphatic carbocycles. The van der Waals surface area contributed by atoms with Crippen LogP contribution >= 0.6 is 39.5 Å². The average Bonchev–Trinajstić information content (AvgIpc) is 2.84. The first-order valence-corrected chi connectivity index (χ1v) is 7.82. The second kappa shape index (κ2) is 6.02. The van der Waals surface area contributed by atoms with Crippen LogP contribution in [0.1, 0.15) is 16.1 Å². The van der Waals surface area contributed by atoms with Gasteiger partial charge in [0.15, 0.2) is 0 Å². The molecule has 0 spiro atoms. The first-order chi connectivity index (χ1) is 8.99. The topological polar surface area (TPSA) is 55.9 Å². The number of halogens is 1. The van der Waals surface area contributed by atoms with Gasteiger partial charge in [0.05, 0.1) is 15.0 Å². The summed E-state index contributed by atoms with van der Waals surface area (Å²) in [6.07, 6.45) is 0.956. The number of hydrogen-bond donors (Lipinski definition) is 2. The van der Waals surface area contributed by atoms with Crippen LogP contribution in [0.15, 0.2) is 15.9 Å². The molecule has 0 radical (unpaired) electrons. The molecule has 2 aromatic rings. The van der Waals surface area contributed by atoms with E-state index in [1.165, 1.54) is 4.88 Å². The fourth-order valence-electron chi connectivity index (χ4n) is 1.95. The van der Waals surface area contributed by atoms with Gasteiger partial charge in [-0.1, -0.05) is 12.2 Å². The Morgan fingerprint density at radius 2 is 2.32 bits per heavy atom. The summed E-state index contributed by atoms with van der Waals surface area (Å²) in [5.41, 5.74) is 7.44. The first kappa shape index (κ1) is 14.5. The highest BCUT2D eigenvalue weighted by atomic mass is 79.9. The van der Waals surface area contributed by atoms with Crippen molar-refractivity contribution in [3.05, 3.63) is 32.1 Å². The molecule has 0 fully saturated rings. The van der Waals surface area contributed by atoms with Gasteiger partial charge in [0.25, 0.3) is 0 Å². The molecule has 3 N–H and O–H groups in total. The predicted octanol–water partition coefficient (Wildman–Crippen LogP) is 2.84. The van der Waals surface area contributed by atoms with Gasteiger partial charge in [-0.15, -0.1) is 11.3 Å². The zero-order valence-corrected chi connectivity index (χ0v) is 14.0. The maximum atomic E-state index is 5.75. The van der Waals surface area contributed by atoms with E-state index in [0.29, 0.717) is 4.99 Å². The fourth-order valence-corrected chi connectivity index (χ4v) is 3.67. The standard InChI is InChI=1S/C12H15BrN4S2/c1-7-10(11(14)18)12(17(2)16-7)15-6-5-8-3-4-9(13)19-8/h3-4,15H,5-6H2,1-2H3,(H2,14,18). The summed E-state index contributed by atoms with van der Waals surface area (Å²) >= 11 is 10.3. The van der Waals surface area contributed by atoms with Gasteiger partial charge >= 0.3 is 0 Å². The predicted molar refractivity (Wildman–Crippen MR) is 88.0 cm³/mol. The summed E-state index contributed by atoms with van der Waals surface area (Å²) in [5.74, 6) is 0.889. The smallest absolute Gasteiger partial charge is 0.134 e. The molecule has 0 unspecified atom stereocenters. The Kier molecular flexibility index (Phi) is 4.59. The molecule has 0 aliphatic rings. The Balaban J connectivity index is 2.05. The molecule has 0 saturated carbocycles. The Morgan fingerprint density at radius 3 is 2.89 bits per heavy atom. The zero-order valence-electron chi connectivity index (χ0n) is 10.7. The molecule has 0 aromatic carbocycles. The monoisotopic (exact) mass is 358 g/mol. The van der Waals surface area contributed by atoms with E-state index < -0.39 is 0 Å². The Hall–Kier alpha value is -0.920. The lowest BCUT2D eigenvalue weighted by atomic mass is 10.2.